The van der Waals surface area contributed by atoms with E-state index in [4.69, 9.17) is 10.6 Å². The normalized spacial score (nSPS) is 29.3. The maximum absolute atomic E-state index is 13.7. The Labute approximate surface area is 407 Å². The zero-order valence-electron chi connectivity index (χ0n) is 38.5. The Hall–Kier alpha value is -2.22. The zero-order chi connectivity index (χ0) is 53.0. The van der Waals surface area contributed by atoms with Gasteiger partial charge in [-0.15, -0.1) is 73.7 Å². The molecule has 0 amide bonds. The molecule has 4 heterocycles. The summed E-state index contributed by atoms with van der Waals surface area (Å²) in [5.41, 5.74) is 2.36. The van der Waals surface area contributed by atoms with Gasteiger partial charge in [0.25, 0.3) is 0 Å². The molecular weight excluding hydrogens is 1190 g/mol. The molecule has 1 radical (unpaired) electrons. The Morgan fingerprint density at radius 1 is 0.486 bits per heavy atom. The van der Waals surface area contributed by atoms with Crippen LogP contribution in [0, 0.1) is 46.8 Å². The average Bonchev–Trinajstić information content (AvgIpc) is 3.18. The van der Waals surface area contributed by atoms with Crippen LogP contribution in [-0.2, 0) is 20.1 Å². The summed E-state index contributed by atoms with van der Waals surface area (Å²) >= 11 is 0. The van der Waals surface area contributed by atoms with Crippen LogP contribution in [0.25, 0.3) is 21.3 Å². The monoisotopic (exact) mass is 1240 g/mol. The van der Waals surface area contributed by atoms with Crippen LogP contribution in [0.3, 0.4) is 0 Å². The minimum Gasteiger partial charge on any atom is 0 e. The van der Waals surface area contributed by atoms with E-state index in [1.54, 1.807) is 0 Å². The minimum atomic E-state index is -10.7. The maximum atomic E-state index is 13.7. The summed E-state index contributed by atoms with van der Waals surface area (Å²) in [6, 6.07) is -0.770. The second kappa shape index (κ2) is 22.7. The predicted molar refractivity (Wildman–Crippen MR) is 224 cm³/mol. The van der Waals surface area contributed by atoms with E-state index in [-0.39, 0.29) is 56.9 Å². The zero-order valence-corrected chi connectivity index (χ0v) is 41.8. The molecule has 0 aromatic carbocycles. The van der Waals surface area contributed by atoms with Crippen molar-refractivity contribution in [3.63, 3.8) is 0 Å². The van der Waals surface area contributed by atoms with Crippen LogP contribution in [0.2, 0.25) is 0 Å². The number of hydrogen-bond donors (Lipinski definition) is 0. The van der Waals surface area contributed by atoms with Crippen molar-refractivity contribution in [1.82, 2.24) is 0 Å². The number of allylic oxidation sites excluding steroid dienone is 4. The summed E-state index contributed by atoms with van der Waals surface area (Å²) in [5.74, 6) is -1.53. The van der Waals surface area contributed by atoms with Crippen molar-refractivity contribution in [1.29, 1.82) is 0 Å². The second-order valence-electron chi connectivity index (χ2n) is 19.8. The fourth-order valence-corrected chi connectivity index (χ4v) is 8.29. The van der Waals surface area contributed by atoms with Crippen molar-refractivity contribution in [3.05, 3.63) is 91.7 Å². The first kappa shape index (κ1) is 63.9. The van der Waals surface area contributed by atoms with Crippen LogP contribution in [0.5, 0.6) is 0 Å². The third-order valence-electron chi connectivity index (χ3n) is 12.4. The van der Waals surface area contributed by atoms with Gasteiger partial charge >= 0.3 is 57.7 Å². The summed E-state index contributed by atoms with van der Waals surface area (Å²) in [5, 5.41) is 17.3. The van der Waals surface area contributed by atoms with Crippen LogP contribution in [0.4, 0.5) is 86.6 Å². The first-order chi connectivity index (χ1) is 30.8. The molecule has 8 unspecified atom stereocenters. The standard InChI is InChI=1S/C18H34N2.2C13H10F7N.F6P.Ir/c1-17(2,3)13-7-9-19-15(11-13)16-12-14(8-10-20-16)18(4,5)6;2*14-10-5-7(12(15,16)17)1-3-9(10)11-4-2-8(6-21-11)13(18,19)20;1-7(2,3,4,5)6;/h13-16H,7-12H2,1-6H3;2*1,5,8,11H,2,4,6H2;;/q3*-2;-1;. The van der Waals surface area contributed by atoms with Gasteiger partial charge in [-0.3, -0.25) is 20.2 Å². The van der Waals surface area contributed by atoms with E-state index in [2.05, 4.69) is 63.6 Å². The predicted octanol–water partition coefficient (Wildman–Crippen LogP) is 18.3. The quantitative estimate of drug-likeness (QED) is 0.117. The first-order valence-electron chi connectivity index (χ1n) is 21.7. The van der Waals surface area contributed by atoms with Gasteiger partial charge in [-0.25, -0.2) is 0 Å². The van der Waals surface area contributed by atoms with Crippen LogP contribution >= 0.6 is 7.81 Å². The first-order valence-corrected chi connectivity index (χ1v) is 23.8. The summed E-state index contributed by atoms with van der Waals surface area (Å²) in [7, 11) is -10.7. The van der Waals surface area contributed by atoms with Gasteiger partial charge in [0.05, 0.1) is 0 Å². The Morgan fingerprint density at radius 3 is 1.00 bits per heavy atom. The van der Waals surface area contributed by atoms with Crippen molar-refractivity contribution in [2.45, 2.75) is 142 Å². The van der Waals surface area contributed by atoms with Crippen molar-refractivity contribution in [3.8, 4) is 0 Å². The van der Waals surface area contributed by atoms with E-state index < -0.39 is 93.0 Å². The number of piperidine rings is 4. The molecule has 6 aliphatic rings. The summed E-state index contributed by atoms with van der Waals surface area (Å²) in [6.45, 7) is 15.4. The van der Waals surface area contributed by atoms with Crippen LogP contribution < -0.4 is 0 Å². The SMILES string of the molecule is CC(C)(C)C1CC[N-]C(C2CC(C(C)(C)C)CC[N-]2)C1.F[C-]1C=C(C(F)(F)F)C=C=C1C1CCC(C(F)(F)F)C[N-]1.F[C-]1C=C(C(F)(F)F)C=C=C1C1CCC(C(F)(F)F)C[N-]1.F[P-](F)(F)(F)(F)F.[Ir]. The Morgan fingerprint density at radius 2 is 0.786 bits per heavy atom. The molecule has 8 atom stereocenters. The molecule has 70 heavy (non-hydrogen) atoms. The fraction of sp³-hybridized carbons (Fsp3) is 0.727. The maximum Gasteiger partial charge on any atom is 0 e. The summed E-state index contributed by atoms with van der Waals surface area (Å²) in [4.78, 5) is 0. The number of alkyl halides is 12. The molecule has 0 aromatic heterocycles. The van der Waals surface area contributed by atoms with Gasteiger partial charge in [0, 0.05) is 44.3 Å². The second-order valence-corrected chi connectivity index (χ2v) is 21.7. The molecule has 0 aromatic rings. The number of rotatable bonds is 3. The van der Waals surface area contributed by atoms with E-state index in [1.807, 2.05) is 0 Å². The van der Waals surface area contributed by atoms with Crippen molar-refractivity contribution < 1.29 is 107 Å². The smallest absolute Gasteiger partial charge is 0 e. The molecule has 0 N–H and O–H groups in total. The topological polar surface area (TPSA) is 56.4 Å². The molecule has 0 bridgehead atoms. The van der Waals surface area contributed by atoms with Gasteiger partial charge in [0.15, 0.2) is 0 Å². The Kier molecular flexibility index (Phi) is 20.7. The van der Waals surface area contributed by atoms with Crippen LogP contribution in [0.1, 0.15) is 92.9 Å². The van der Waals surface area contributed by atoms with E-state index in [0.29, 0.717) is 47.2 Å². The average molecular weight is 1240 g/mol. The third kappa shape index (κ3) is 22.1. The molecule has 2 aliphatic carbocycles. The van der Waals surface area contributed by atoms with E-state index in [0.717, 1.165) is 24.9 Å². The molecule has 4 aliphatic heterocycles. The molecular formula is C44H54F20IrN4P-7. The number of nitrogens with zero attached hydrogens (tertiary/aromatic N) is 4. The van der Waals surface area contributed by atoms with Gasteiger partial charge in [-0.05, 0) is 46.7 Å². The Balaban J connectivity index is 0.000000334. The third-order valence-corrected chi connectivity index (χ3v) is 12.4. The molecule has 6 rings (SSSR count). The van der Waals surface area contributed by atoms with E-state index in [1.165, 1.54) is 25.7 Å². The van der Waals surface area contributed by atoms with E-state index in [9.17, 15) is 86.6 Å². The summed E-state index contributed by atoms with van der Waals surface area (Å²) in [6.07, 6.45) is -14.1. The van der Waals surface area contributed by atoms with E-state index >= 15 is 0 Å². The molecule has 4 nitrogen and oxygen atoms in total. The molecule has 411 valence electrons. The molecule has 4 saturated heterocycles. The van der Waals surface area contributed by atoms with Crippen LogP contribution in [0.15, 0.2) is 58.1 Å². The van der Waals surface area contributed by atoms with Crippen LogP contribution in [-0.4, -0.2) is 75.1 Å². The minimum absolute atomic E-state index is 0. The molecule has 0 saturated carbocycles. The summed E-state index contributed by atoms with van der Waals surface area (Å²) < 4.78 is 236. The van der Waals surface area contributed by atoms with Crippen molar-refractivity contribution >= 4 is 7.81 Å². The van der Waals surface area contributed by atoms with Crippen molar-refractivity contribution in [2.24, 2.45) is 34.5 Å². The van der Waals surface area contributed by atoms with Gasteiger partial charge in [-0.2, -0.15) is 64.8 Å². The molecule has 0 spiro atoms. The Bertz CT molecular complexity index is 1780. The molecule has 26 heteroatoms. The van der Waals surface area contributed by atoms with Gasteiger partial charge in [-0.1, -0.05) is 80.1 Å². The number of halogens is 20. The van der Waals surface area contributed by atoms with Crippen molar-refractivity contribution in [2.75, 3.05) is 26.2 Å². The van der Waals surface area contributed by atoms with Gasteiger partial charge in [0.1, 0.15) is 0 Å². The molecule has 4 fully saturated rings. The number of hydrogen-bond acceptors (Lipinski definition) is 0. The van der Waals surface area contributed by atoms with Gasteiger partial charge < -0.3 is 21.3 Å². The van der Waals surface area contributed by atoms with Gasteiger partial charge in [0.2, 0.25) is 0 Å². The largest absolute Gasteiger partial charge is 0 e. The fourth-order valence-electron chi connectivity index (χ4n) is 8.29.